The number of benzene rings is 4. The Morgan fingerprint density at radius 1 is 0.759 bits per heavy atom. The molecule has 1 N–H and O–H groups in total. The van der Waals surface area contributed by atoms with E-state index in [2.05, 4.69) is 9.71 Å². The van der Waals surface area contributed by atoms with Crippen LogP contribution >= 0.6 is 11.3 Å². The van der Waals surface area contributed by atoms with E-state index in [9.17, 15) is 8.42 Å². The zero-order valence-corrected chi connectivity index (χ0v) is 16.9. The van der Waals surface area contributed by atoms with Crippen LogP contribution in [0.15, 0.2) is 95.9 Å². The highest BCUT2D eigenvalue weighted by molar-refractivity contribution is 7.92. The van der Waals surface area contributed by atoms with Gasteiger partial charge >= 0.3 is 0 Å². The van der Waals surface area contributed by atoms with E-state index in [1.165, 1.54) is 0 Å². The van der Waals surface area contributed by atoms with Gasteiger partial charge in [0.05, 0.1) is 20.8 Å². The van der Waals surface area contributed by atoms with Crippen molar-refractivity contribution in [3.05, 3.63) is 91.0 Å². The molecular formula is C23H16N2O2S2. The van der Waals surface area contributed by atoms with E-state index < -0.39 is 10.0 Å². The van der Waals surface area contributed by atoms with Crippen molar-refractivity contribution >= 4 is 48.0 Å². The van der Waals surface area contributed by atoms with Crippen molar-refractivity contribution in [2.45, 2.75) is 4.90 Å². The molecule has 0 aliphatic heterocycles. The van der Waals surface area contributed by atoms with Gasteiger partial charge in [-0.25, -0.2) is 13.4 Å². The molecule has 1 aromatic heterocycles. The Hall–Kier alpha value is -3.22. The molecule has 0 amide bonds. The summed E-state index contributed by atoms with van der Waals surface area (Å²) in [6.07, 6.45) is 0. The van der Waals surface area contributed by atoms with Gasteiger partial charge in [0.2, 0.25) is 0 Å². The van der Waals surface area contributed by atoms with Crippen LogP contribution in [0.3, 0.4) is 0 Å². The summed E-state index contributed by atoms with van der Waals surface area (Å²) in [4.78, 5) is 4.90. The highest BCUT2D eigenvalue weighted by Gasteiger charge is 2.18. The second-order valence-electron chi connectivity index (χ2n) is 6.65. The molecule has 142 valence electrons. The number of aromatic nitrogens is 1. The van der Waals surface area contributed by atoms with Crippen LogP contribution in [0.1, 0.15) is 0 Å². The topological polar surface area (TPSA) is 59.1 Å². The fraction of sp³-hybridized carbons (Fsp3) is 0. The Kier molecular flexibility index (Phi) is 4.30. The first-order valence-electron chi connectivity index (χ1n) is 9.07. The SMILES string of the molecule is O=S(=O)(Nc1ccccc1-c1nc2ccccc2s1)c1ccc2ccccc2c1. The normalized spacial score (nSPS) is 11.7. The molecule has 0 aliphatic carbocycles. The van der Waals surface area contributed by atoms with Gasteiger partial charge in [0, 0.05) is 5.56 Å². The van der Waals surface area contributed by atoms with Crippen LogP contribution in [0.5, 0.6) is 0 Å². The van der Waals surface area contributed by atoms with Crippen LogP contribution in [0.2, 0.25) is 0 Å². The van der Waals surface area contributed by atoms with Crippen molar-refractivity contribution in [1.82, 2.24) is 4.98 Å². The van der Waals surface area contributed by atoms with Gasteiger partial charge in [0.25, 0.3) is 10.0 Å². The van der Waals surface area contributed by atoms with Gasteiger partial charge in [-0.05, 0) is 47.2 Å². The summed E-state index contributed by atoms with van der Waals surface area (Å²) in [6.45, 7) is 0. The molecule has 0 saturated heterocycles. The number of nitrogens with one attached hydrogen (secondary N) is 1. The summed E-state index contributed by atoms with van der Waals surface area (Å²) in [5.74, 6) is 0. The van der Waals surface area contributed by atoms with Gasteiger partial charge in [-0.15, -0.1) is 11.3 Å². The highest BCUT2D eigenvalue weighted by Crippen LogP contribution is 2.35. The first-order chi connectivity index (χ1) is 14.1. The van der Waals surface area contributed by atoms with Crippen molar-refractivity contribution in [2.24, 2.45) is 0 Å². The molecule has 5 rings (SSSR count). The van der Waals surface area contributed by atoms with E-state index in [0.717, 1.165) is 31.6 Å². The maximum Gasteiger partial charge on any atom is 0.261 e. The van der Waals surface area contributed by atoms with Crippen molar-refractivity contribution in [3.63, 3.8) is 0 Å². The Morgan fingerprint density at radius 2 is 1.48 bits per heavy atom. The van der Waals surface area contributed by atoms with Crippen molar-refractivity contribution in [1.29, 1.82) is 0 Å². The molecule has 5 aromatic rings. The molecule has 1 heterocycles. The zero-order valence-electron chi connectivity index (χ0n) is 15.2. The maximum absolute atomic E-state index is 13.1. The number of anilines is 1. The monoisotopic (exact) mass is 416 g/mol. The van der Waals surface area contributed by atoms with Crippen LogP contribution in [0.25, 0.3) is 31.6 Å². The predicted octanol–water partition coefficient (Wildman–Crippen LogP) is 5.92. The summed E-state index contributed by atoms with van der Waals surface area (Å²) < 4.78 is 30.0. The Balaban J connectivity index is 1.56. The lowest BCUT2D eigenvalue weighted by atomic mass is 10.1. The maximum atomic E-state index is 13.1. The molecule has 6 heteroatoms. The van der Waals surface area contributed by atoms with Crippen molar-refractivity contribution in [3.8, 4) is 10.6 Å². The number of sulfonamides is 1. The lowest BCUT2D eigenvalue weighted by Crippen LogP contribution is -2.13. The minimum absolute atomic E-state index is 0.232. The van der Waals surface area contributed by atoms with E-state index >= 15 is 0 Å². The molecule has 0 saturated carbocycles. The zero-order chi connectivity index (χ0) is 19.8. The number of thiazole rings is 1. The van der Waals surface area contributed by atoms with Gasteiger partial charge in [-0.3, -0.25) is 4.72 Å². The number of para-hydroxylation sites is 2. The Morgan fingerprint density at radius 3 is 2.34 bits per heavy atom. The number of hydrogen-bond acceptors (Lipinski definition) is 4. The molecule has 0 fully saturated rings. The van der Waals surface area contributed by atoms with E-state index in [1.807, 2.05) is 72.8 Å². The summed E-state index contributed by atoms with van der Waals surface area (Å²) in [5.41, 5.74) is 2.18. The average molecular weight is 417 g/mol. The van der Waals surface area contributed by atoms with Crippen molar-refractivity contribution < 1.29 is 8.42 Å². The van der Waals surface area contributed by atoms with Gasteiger partial charge in [0.15, 0.2) is 0 Å². The van der Waals surface area contributed by atoms with Gasteiger partial charge < -0.3 is 0 Å². The quantitative estimate of drug-likeness (QED) is 0.396. The van der Waals surface area contributed by atoms with E-state index in [4.69, 9.17) is 0 Å². The molecule has 29 heavy (non-hydrogen) atoms. The minimum Gasteiger partial charge on any atom is -0.279 e. The van der Waals surface area contributed by atoms with Crippen LogP contribution in [-0.2, 0) is 10.0 Å². The smallest absolute Gasteiger partial charge is 0.261 e. The second kappa shape index (κ2) is 6.99. The van der Waals surface area contributed by atoms with Crippen LogP contribution in [0, 0.1) is 0 Å². The Bertz CT molecular complexity index is 1420. The van der Waals surface area contributed by atoms with Crippen LogP contribution < -0.4 is 4.72 Å². The lowest BCUT2D eigenvalue weighted by Gasteiger charge is -2.12. The van der Waals surface area contributed by atoms with Gasteiger partial charge in [-0.2, -0.15) is 0 Å². The number of fused-ring (bicyclic) bond motifs is 2. The number of rotatable bonds is 4. The largest absolute Gasteiger partial charge is 0.279 e. The molecule has 0 unspecified atom stereocenters. The predicted molar refractivity (Wildman–Crippen MR) is 120 cm³/mol. The van der Waals surface area contributed by atoms with Crippen LogP contribution in [0.4, 0.5) is 5.69 Å². The van der Waals surface area contributed by atoms with E-state index in [0.29, 0.717) is 5.69 Å². The fourth-order valence-electron chi connectivity index (χ4n) is 3.28. The summed E-state index contributed by atoms with van der Waals surface area (Å²) in [5, 5.41) is 2.67. The fourth-order valence-corrected chi connectivity index (χ4v) is 5.40. The molecule has 0 spiro atoms. The molecule has 0 radical (unpaired) electrons. The summed E-state index contributed by atoms with van der Waals surface area (Å²) >= 11 is 1.54. The molecule has 4 aromatic carbocycles. The third-order valence-corrected chi connectivity index (χ3v) is 7.16. The first-order valence-corrected chi connectivity index (χ1v) is 11.4. The number of nitrogens with zero attached hydrogens (tertiary/aromatic N) is 1. The molecule has 0 aliphatic rings. The summed E-state index contributed by atoms with van der Waals surface area (Å²) in [6, 6.07) is 28.1. The molecule has 4 nitrogen and oxygen atoms in total. The second-order valence-corrected chi connectivity index (χ2v) is 9.36. The average Bonchev–Trinajstić information content (AvgIpc) is 3.17. The highest BCUT2D eigenvalue weighted by atomic mass is 32.2. The van der Waals surface area contributed by atoms with E-state index in [-0.39, 0.29) is 4.90 Å². The minimum atomic E-state index is -3.74. The lowest BCUT2D eigenvalue weighted by molar-refractivity contribution is 0.601. The molecular weight excluding hydrogens is 400 g/mol. The van der Waals surface area contributed by atoms with Crippen molar-refractivity contribution in [2.75, 3.05) is 4.72 Å². The van der Waals surface area contributed by atoms with E-state index in [1.54, 1.807) is 29.5 Å². The molecule has 0 bridgehead atoms. The Labute approximate surface area is 172 Å². The van der Waals surface area contributed by atoms with Gasteiger partial charge in [0.1, 0.15) is 5.01 Å². The first kappa shape index (κ1) is 17.8. The summed E-state index contributed by atoms with van der Waals surface area (Å²) in [7, 11) is -3.74. The number of hydrogen-bond donors (Lipinski definition) is 1. The van der Waals surface area contributed by atoms with Crippen LogP contribution in [-0.4, -0.2) is 13.4 Å². The third kappa shape index (κ3) is 3.37. The standard InChI is InChI=1S/C23H16N2O2S2/c26-29(27,18-14-13-16-7-1-2-8-17(16)15-18)25-20-10-4-3-9-19(20)23-24-21-11-5-6-12-22(21)28-23/h1-15,25H. The third-order valence-electron chi connectivity index (χ3n) is 4.73. The molecule has 0 atom stereocenters. The van der Waals surface area contributed by atoms with Gasteiger partial charge in [-0.1, -0.05) is 54.6 Å².